The van der Waals surface area contributed by atoms with E-state index in [2.05, 4.69) is 5.32 Å². The lowest BCUT2D eigenvalue weighted by Gasteiger charge is -2.27. The van der Waals surface area contributed by atoms with Crippen molar-refractivity contribution in [3.63, 3.8) is 0 Å². The standard InChI is InChI=1S/C21H31N3O5S.2ClH/c1-2-29-21(28)15(9-5-3-4-8-12-22)23-16-14-30-18-11-7-6-10-17(18)24(20(16)27)13-19(25)26;;/h6-7,10-11,15-16,23H,2-5,8-9,12-14,22H2,1H3,(H,25,26);2*1H/t15-,16+;;/m1../s1. The van der Waals surface area contributed by atoms with E-state index in [9.17, 15) is 19.5 Å². The quantitative estimate of drug-likeness (QED) is 0.290. The Hall–Kier alpha value is -1.52. The van der Waals surface area contributed by atoms with Crippen LogP contribution in [0.25, 0.3) is 0 Å². The van der Waals surface area contributed by atoms with Crippen molar-refractivity contribution in [1.29, 1.82) is 0 Å². The van der Waals surface area contributed by atoms with Gasteiger partial charge in [0.05, 0.1) is 18.3 Å². The van der Waals surface area contributed by atoms with Crippen LogP contribution in [0.5, 0.6) is 0 Å². The average molecular weight is 510 g/mol. The zero-order valence-electron chi connectivity index (χ0n) is 18.2. The van der Waals surface area contributed by atoms with Crippen molar-refractivity contribution in [1.82, 2.24) is 5.32 Å². The summed E-state index contributed by atoms with van der Waals surface area (Å²) >= 11 is 1.47. The number of esters is 1. The number of nitrogens with zero attached hydrogens (tertiary/aromatic N) is 1. The maximum absolute atomic E-state index is 13.2. The molecule has 2 rings (SSSR count). The number of carboxylic acid groups (broad SMARTS) is 1. The van der Waals surface area contributed by atoms with Gasteiger partial charge in [-0.2, -0.15) is 0 Å². The van der Waals surface area contributed by atoms with Crippen LogP contribution in [0, 0.1) is 0 Å². The fourth-order valence-electron chi connectivity index (χ4n) is 3.37. The summed E-state index contributed by atoms with van der Waals surface area (Å²) in [6.45, 7) is 2.22. The molecule has 1 amide bonds. The number of carbonyl (C=O) groups is 3. The Bertz CT molecular complexity index is 741. The van der Waals surface area contributed by atoms with Crippen molar-refractivity contribution < 1.29 is 24.2 Å². The largest absolute Gasteiger partial charge is 0.480 e. The summed E-state index contributed by atoms with van der Waals surface area (Å²) in [6.07, 6.45) is 4.23. The highest BCUT2D eigenvalue weighted by Crippen LogP contribution is 2.34. The molecule has 0 saturated carbocycles. The Balaban J connectivity index is 0.00000480. The zero-order valence-corrected chi connectivity index (χ0v) is 20.6. The molecule has 1 heterocycles. The lowest BCUT2D eigenvalue weighted by Crippen LogP contribution is -2.54. The topological polar surface area (TPSA) is 122 Å². The minimum absolute atomic E-state index is 0. The van der Waals surface area contributed by atoms with Gasteiger partial charge in [-0.3, -0.25) is 24.6 Å². The van der Waals surface area contributed by atoms with Crippen molar-refractivity contribution in [2.24, 2.45) is 5.73 Å². The van der Waals surface area contributed by atoms with Gasteiger partial charge in [0, 0.05) is 10.6 Å². The highest BCUT2D eigenvalue weighted by molar-refractivity contribution is 7.99. The highest BCUT2D eigenvalue weighted by Gasteiger charge is 2.34. The highest BCUT2D eigenvalue weighted by atomic mass is 35.5. The van der Waals surface area contributed by atoms with Gasteiger partial charge in [0.1, 0.15) is 12.6 Å². The maximum Gasteiger partial charge on any atom is 0.323 e. The zero-order chi connectivity index (χ0) is 21.9. The molecule has 0 unspecified atom stereocenters. The van der Waals surface area contributed by atoms with E-state index in [0.717, 1.165) is 30.6 Å². The van der Waals surface area contributed by atoms with Crippen LogP contribution in [0.2, 0.25) is 0 Å². The number of amides is 1. The molecular weight excluding hydrogens is 477 g/mol. The number of rotatable bonds is 12. The molecule has 0 bridgehead atoms. The maximum atomic E-state index is 13.2. The molecule has 1 aromatic rings. The number of nitrogens with one attached hydrogen (secondary N) is 1. The van der Waals surface area contributed by atoms with Gasteiger partial charge in [-0.25, -0.2) is 0 Å². The molecule has 2 atom stereocenters. The number of benzene rings is 1. The molecule has 32 heavy (non-hydrogen) atoms. The molecule has 0 fully saturated rings. The van der Waals surface area contributed by atoms with Crippen molar-refractivity contribution in [2.45, 2.75) is 56.0 Å². The first-order valence-electron chi connectivity index (χ1n) is 10.4. The van der Waals surface area contributed by atoms with E-state index in [0.29, 0.717) is 24.4 Å². The Morgan fingerprint density at radius 3 is 2.59 bits per heavy atom. The van der Waals surface area contributed by atoms with Gasteiger partial charge in [0.25, 0.3) is 0 Å². The normalized spacial score (nSPS) is 16.1. The summed E-state index contributed by atoms with van der Waals surface area (Å²) in [5.41, 5.74) is 6.10. The third kappa shape index (κ3) is 9.15. The summed E-state index contributed by atoms with van der Waals surface area (Å²) in [6, 6.07) is 5.92. The molecule has 4 N–H and O–H groups in total. The minimum Gasteiger partial charge on any atom is -0.480 e. The molecule has 1 aromatic carbocycles. The number of para-hydroxylation sites is 1. The smallest absolute Gasteiger partial charge is 0.323 e. The second-order valence-corrected chi connectivity index (χ2v) is 8.17. The van der Waals surface area contributed by atoms with Gasteiger partial charge < -0.3 is 15.6 Å². The molecule has 11 heteroatoms. The van der Waals surface area contributed by atoms with Gasteiger partial charge in [0.15, 0.2) is 0 Å². The number of ether oxygens (including phenoxy) is 1. The van der Waals surface area contributed by atoms with Gasteiger partial charge in [-0.05, 0) is 38.4 Å². The number of fused-ring (bicyclic) bond motifs is 1. The van der Waals surface area contributed by atoms with E-state index in [1.807, 2.05) is 12.1 Å². The summed E-state index contributed by atoms with van der Waals surface area (Å²) in [7, 11) is 0. The van der Waals surface area contributed by atoms with Crippen LogP contribution in [-0.2, 0) is 19.1 Å². The lowest BCUT2D eigenvalue weighted by molar-refractivity contribution is -0.146. The molecule has 0 aromatic heterocycles. The molecule has 0 spiro atoms. The van der Waals surface area contributed by atoms with Crippen molar-refractivity contribution in [2.75, 3.05) is 30.3 Å². The monoisotopic (exact) mass is 509 g/mol. The fraction of sp³-hybridized carbons (Fsp3) is 0.571. The van der Waals surface area contributed by atoms with Crippen LogP contribution >= 0.6 is 36.6 Å². The number of halogens is 2. The van der Waals surface area contributed by atoms with Crippen LogP contribution in [0.4, 0.5) is 5.69 Å². The predicted molar refractivity (Wildman–Crippen MR) is 131 cm³/mol. The van der Waals surface area contributed by atoms with E-state index in [4.69, 9.17) is 10.5 Å². The first kappa shape index (κ1) is 30.5. The molecule has 1 aliphatic rings. The number of anilines is 1. The molecular formula is C21H33Cl2N3O5S. The van der Waals surface area contributed by atoms with Crippen molar-refractivity contribution >= 4 is 60.1 Å². The Labute approximate surface area is 205 Å². The van der Waals surface area contributed by atoms with Crippen LogP contribution < -0.4 is 16.0 Å². The second-order valence-electron chi connectivity index (χ2n) is 7.11. The summed E-state index contributed by atoms with van der Waals surface area (Å²) in [4.78, 5) is 39.2. The van der Waals surface area contributed by atoms with Crippen molar-refractivity contribution in [3.8, 4) is 0 Å². The fourth-order valence-corrected chi connectivity index (χ4v) is 4.46. The first-order chi connectivity index (χ1) is 14.5. The lowest BCUT2D eigenvalue weighted by atomic mass is 10.1. The number of carboxylic acids is 1. The predicted octanol–water partition coefficient (Wildman–Crippen LogP) is 2.85. The second kappa shape index (κ2) is 16.1. The van der Waals surface area contributed by atoms with Crippen molar-refractivity contribution in [3.05, 3.63) is 24.3 Å². The number of carbonyl (C=O) groups excluding carboxylic acids is 2. The van der Waals surface area contributed by atoms with Crippen LogP contribution in [0.1, 0.15) is 39.0 Å². The first-order valence-corrected chi connectivity index (χ1v) is 11.3. The van der Waals surface area contributed by atoms with Gasteiger partial charge in [-0.15, -0.1) is 36.6 Å². The van der Waals surface area contributed by atoms with Gasteiger partial charge >= 0.3 is 11.9 Å². The van der Waals surface area contributed by atoms with Crippen LogP contribution in [0.15, 0.2) is 29.2 Å². The number of hydrogen-bond donors (Lipinski definition) is 3. The average Bonchev–Trinajstić information content (AvgIpc) is 2.84. The van der Waals surface area contributed by atoms with Gasteiger partial charge in [0.2, 0.25) is 5.91 Å². The number of unbranched alkanes of at least 4 members (excludes halogenated alkanes) is 3. The summed E-state index contributed by atoms with van der Waals surface area (Å²) in [5.74, 6) is -1.44. The number of aliphatic carboxylic acids is 1. The molecule has 1 aliphatic heterocycles. The summed E-state index contributed by atoms with van der Waals surface area (Å²) in [5, 5.41) is 12.5. The molecule has 0 aliphatic carbocycles. The van der Waals surface area contributed by atoms with E-state index in [1.165, 1.54) is 16.7 Å². The molecule has 0 saturated heterocycles. The third-order valence-electron chi connectivity index (χ3n) is 4.84. The summed E-state index contributed by atoms with van der Waals surface area (Å²) < 4.78 is 5.20. The van der Waals surface area contributed by atoms with E-state index in [1.54, 1.807) is 19.1 Å². The van der Waals surface area contributed by atoms with Gasteiger partial charge in [-0.1, -0.05) is 31.4 Å². The third-order valence-corrected chi connectivity index (χ3v) is 6.00. The van der Waals surface area contributed by atoms with E-state index < -0.39 is 24.6 Å². The molecule has 8 nitrogen and oxygen atoms in total. The Morgan fingerprint density at radius 1 is 1.25 bits per heavy atom. The molecule has 0 radical (unpaired) electrons. The Morgan fingerprint density at radius 2 is 1.94 bits per heavy atom. The number of thioether (sulfide) groups is 1. The van der Waals surface area contributed by atoms with Crippen LogP contribution in [0.3, 0.4) is 0 Å². The van der Waals surface area contributed by atoms with Crippen LogP contribution in [-0.4, -0.2) is 60.5 Å². The minimum atomic E-state index is -1.09. The van der Waals surface area contributed by atoms with E-state index in [-0.39, 0.29) is 43.3 Å². The molecule has 182 valence electrons. The SMILES string of the molecule is CCOC(=O)[C@@H](CCCCCCN)N[C@H]1CSc2ccccc2N(CC(=O)O)C1=O.Cl.Cl. The number of hydrogen-bond acceptors (Lipinski definition) is 7. The number of nitrogens with two attached hydrogens (primary N) is 1. The van der Waals surface area contributed by atoms with E-state index >= 15 is 0 Å². The Kier molecular flexibility index (Phi) is 15.4.